The summed E-state index contributed by atoms with van der Waals surface area (Å²) in [6.45, 7) is 6.00. The molecule has 0 radical (unpaired) electrons. The van der Waals surface area contributed by atoms with E-state index >= 15 is 0 Å². The fourth-order valence-corrected chi connectivity index (χ4v) is 4.91. The van der Waals surface area contributed by atoms with Gasteiger partial charge in [0.25, 0.3) is 0 Å². The van der Waals surface area contributed by atoms with E-state index in [2.05, 4.69) is 0 Å². The Bertz CT molecular complexity index is 621. The van der Waals surface area contributed by atoms with Crippen LogP contribution in [0.1, 0.15) is 52.9 Å². The highest BCUT2D eigenvalue weighted by atomic mass is 16.6. The average Bonchev–Trinajstić information content (AvgIpc) is 2.89. The van der Waals surface area contributed by atoms with E-state index in [4.69, 9.17) is 14.2 Å². The second-order valence-electron chi connectivity index (χ2n) is 7.15. The monoisotopic (exact) mass is 350 g/mol. The van der Waals surface area contributed by atoms with Crippen molar-refractivity contribution in [3.63, 3.8) is 0 Å². The van der Waals surface area contributed by atoms with Gasteiger partial charge in [-0.15, -0.1) is 0 Å². The predicted octanol–water partition coefficient (Wildman–Crippen LogP) is 2.55. The van der Waals surface area contributed by atoms with Crippen LogP contribution in [0, 0.1) is 17.3 Å². The van der Waals surface area contributed by atoms with Crippen LogP contribution in [-0.4, -0.2) is 37.2 Å². The minimum absolute atomic E-state index is 0.0107. The Morgan fingerprint density at radius 2 is 1.96 bits per heavy atom. The first-order chi connectivity index (χ1) is 12.0. The van der Waals surface area contributed by atoms with Gasteiger partial charge in [0, 0.05) is 11.5 Å². The van der Waals surface area contributed by atoms with Crippen molar-refractivity contribution in [3.8, 4) is 0 Å². The summed E-state index contributed by atoms with van der Waals surface area (Å²) in [5, 5.41) is 0. The number of esters is 3. The Morgan fingerprint density at radius 3 is 2.64 bits per heavy atom. The Morgan fingerprint density at radius 1 is 1.24 bits per heavy atom. The summed E-state index contributed by atoms with van der Waals surface area (Å²) in [7, 11) is 0. The summed E-state index contributed by atoms with van der Waals surface area (Å²) in [5.41, 5.74) is 0.672. The standard InChI is InChI=1S/C19H26O6/c1-4-23-15(20)10-19(18(22)24-5-2)11(3)9-14-16-12(17(21)25-14)7-6-8-13(16)19/h11,13-14H,4-10H2,1-3H3/t11-,13+,14+,19-/m1/s1. The molecule has 6 nitrogen and oxygen atoms in total. The van der Waals surface area contributed by atoms with E-state index < -0.39 is 5.41 Å². The van der Waals surface area contributed by atoms with Crippen LogP contribution in [0.15, 0.2) is 11.1 Å². The fraction of sp³-hybridized carbons (Fsp3) is 0.737. The minimum atomic E-state index is -0.978. The molecule has 138 valence electrons. The van der Waals surface area contributed by atoms with Gasteiger partial charge in [-0.3, -0.25) is 9.59 Å². The smallest absolute Gasteiger partial charge is 0.334 e. The van der Waals surface area contributed by atoms with Gasteiger partial charge in [-0.2, -0.15) is 0 Å². The summed E-state index contributed by atoms with van der Waals surface area (Å²) in [4.78, 5) is 37.6. The van der Waals surface area contributed by atoms with Crippen LogP contribution in [0.4, 0.5) is 0 Å². The van der Waals surface area contributed by atoms with Crippen molar-refractivity contribution >= 4 is 17.9 Å². The molecular formula is C19H26O6. The average molecular weight is 350 g/mol. The molecule has 0 aromatic rings. The number of rotatable bonds is 5. The molecule has 25 heavy (non-hydrogen) atoms. The van der Waals surface area contributed by atoms with E-state index in [9.17, 15) is 14.4 Å². The largest absolute Gasteiger partial charge is 0.466 e. The molecule has 0 spiro atoms. The van der Waals surface area contributed by atoms with Gasteiger partial charge in [-0.1, -0.05) is 6.92 Å². The van der Waals surface area contributed by atoms with Gasteiger partial charge in [0.1, 0.15) is 6.10 Å². The van der Waals surface area contributed by atoms with Crippen molar-refractivity contribution in [1.29, 1.82) is 0 Å². The maximum Gasteiger partial charge on any atom is 0.334 e. The third-order valence-electron chi connectivity index (χ3n) is 5.95. The van der Waals surface area contributed by atoms with Gasteiger partial charge < -0.3 is 14.2 Å². The highest BCUT2D eigenvalue weighted by Crippen LogP contribution is 2.58. The lowest BCUT2D eigenvalue weighted by atomic mass is 9.53. The quantitative estimate of drug-likeness (QED) is 0.560. The summed E-state index contributed by atoms with van der Waals surface area (Å²) >= 11 is 0. The fourth-order valence-electron chi connectivity index (χ4n) is 4.91. The van der Waals surface area contributed by atoms with E-state index in [0.717, 1.165) is 18.4 Å². The molecule has 0 aromatic carbocycles. The highest BCUT2D eigenvalue weighted by molar-refractivity contribution is 5.94. The molecule has 3 rings (SSSR count). The first-order valence-electron chi connectivity index (χ1n) is 9.22. The van der Waals surface area contributed by atoms with Crippen LogP contribution >= 0.6 is 0 Å². The van der Waals surface area contributed by atoms with Gasteiger partial charge in [-0.25, -0.2) is 4.79 Å². The molecule has 0 unspecified atom stereocenters. The lowest BCUT2D eigenvalue weighted by Gasteiger charge is -2.49. The highest BCUT2D eigenvalue weighted by Gasteiger charge is 2.61. The molecule has 1 heterocycles. The Kier molecular flexibility index (Phi) is 4.89. The summed E-state index contributed by atoms with van der Waals surface area (Å²) in [6.07, 6.45) is 2.53. The van der Waals surface area contributed by atoms with Gasteiger partial charge in [0.05, 0.1) is 25.0 Å². The van der Waals surface area contributed by atoms with E-state index in [1.807, 2.05) is 6.92 Å². The van der Waals surface area contributed by atoms with Crippen molar-refractivity contribution in [2.45, 2.75) is 59.0 Å². The van der Waals surface area contributed by atoms with Crippen LogP contribution in [0.5, 0.6) is 0 Å². The van der Waals surface area contributed by atoms with E-state index in [-0.39, 0.29) is 55.5 Å². The van der Waals surface area contributed by atoms with Gasteiger partial charge >= 0.3 is 17.9 Å². The van der Waals surface area contributed by atoms with Gasteiger partial charge in [0.2, 0.25) is 0 Å². The van der Waals surface area contributed by atoms with Crippen molar-refractivity contribution in [2.24, 2.45) is 17.3 Å². The molecule has 1 aliphatic heterocycles. The topological polar surface area (TPSA) is 78.9 Å². The van der Waals surface area contributed by atoms with Crippen LogP contribution in [0.2, 0.25) is 0 Å². The summed E-state index contributed by atoms with van der Waals surface area (Å²) in [5.74, 6) is -1.33. The molecule has 4 atom stereocenters. The van der Waals surface area contributed by atoms with E-state index in [0.29, 0.717) is 18.4 Å². The predicted molar refractivity (Wildman–Crippen MR) is 88.3 cm³/mol. The Hall–Kier alpha value is -1.85. The van der Waals surface area contributed by atoms with Crippen LogP contribution in [-0.2, 0) is 28.6 Å². The molecule has 0 amide bonds. The number of ether oxygens (including phenoxy) is 3. The normalized spacial score (nSPS) is 33.6. The molecule has 0 saturated heterocycles. The first-order valence-corrected chi connectivity index (χ1v) is 9.22. The number of carbonyl (C=O) groups excluding carboxylic acids is 3. The van der Waals surface area contributed by atoms with Gasteiger partial charge in [-0.05, 0) is 51.0 Å². The molecule has 0 N–H and O–H groups in total. The van der Waals surface area contributed by atoms with Crippen molar-refractivity contribution in [1.82, 2.24) is 0 Å². The van der Waals surface area contributed by atoms with Gasteiger partial charge in [0.15, 0.2) is 0 Å². The number of hydrogen-bond donors (Lipinski definition) is 0. The molecule has 3 aliphatic rings. The van der Waals surface area contributed by atoms with Crippen LogP contribution < -0.4 is 0 Å². The minimum Gasteiger partial charge on any atom is -0.466 e. The second kappa shape index (κ2) is 6.81. The van der Waals surface area contributed by atoms with E-state index in [1.165, 1.54) is 0 Å². The van der Waals surface area contributed by atoms with Crippen LogP contribution in [0.3, 0.4) is 0 Å². The zero-order valence-electron chi connectivity index (χ0n) is 15.1. The Balaban J connectivity index is 2.07. The zero-order valence-corrected chi connectivity index (χ0v) is 15.1. The number of carbonyl (C=O) groups is 3. The van der Waals surface area contributed by atoms with Crippen LogP contribution in [0.25, 0.3) is 0 Å². The molecule has 0 aromatic heterocycles. The maximum atomic E-state index is 13.1. The molecule has 1 fully saturated rings. The van der Waals surface area contributed by atoms with E-state index in [1.54, 1.807) is 13.8 Å². The third kappa shape index (κ3) is 2.75. The van der Waals surface area contributed by atoms with Crippen molar-refractivity contribution in [3.05, 3.63) is 11.1 Å². The maximum absolute atomic E-state index is 13.1. The lowest BCUT2D eigenvalue weighted by Crippen LogP contribution is -2.53. The molecular weight excluding hydrogens is 324 g/mol. The summed E-state index contributed by atoms with van der Waals surface area (Å²) in [6, 6.07) is 0. The number of hydrogen-bond acceptors (Lipinski definition) is 6. The molecule has 2 aliphatic carbocycles. The first kappa shape index (κ1) is 18.0. The molecule has 6 heteroatoms. The van der Waals surface area contributed by atoms with Crippen molar-refractivity contribution in [2.75, 3.05) is 13.2 Å². The van der Waals surface area contributed by atoms with Crippen molar-refractivity contribution < 1.29 is 28.6 Å². The molecule has 1 saturated carbocycles. The third-order valence-corrected chi connectivity index (χ3v) is 5.95. The second-order valence-corrected chi connectivity index (χ2v) is 7.15. The summed E-state index contributed by atoms with van der Waals surface area (Å²) < 4.78 is 16.1. The Labute approximate surface area is 147 Å². The lowest BCUT2D eigenvalue weighted by molar-refractivity contribution is -0.174. The molecule has 0 bridgehead atoms. The zero-order chi connectivity index (χ0) is 18.2. The SMILES string of the molecule is CCOC(=O)C[C@@]1(C(=O)OCC)[C@H](C)C[C@@H]2OC(=O)C3=C2[C@@H]1CCC3.